The molecule has 1 amide bonds. The van der Waals surface area contributed by atoms with Gasteiger partial charge in [0.2, 0.25) is 15.9 Å². The third-order valence-electron chi connectivity index (χ3n) is 5.24. The second-order valence-electron chi connectivity index (χ2n) is 7.50. The molecule has 0 radical (unpaired) electrons. The van der Waals surface area contributed by atoms with Crippen LogP contribution in [0.25, 0.3) is 11.3 Å². The summed E-state index contributed by atoms with van der Waals surface area (Å²) in [4.78, 5) is 12.5. The minimum Gasteiger partial charge on any atom is -0.475 e. The summed E-state index contributed by atoms with van der Waals surface area (Å²) in [5.74, 6) is -0.357. The first kappa shape index (κ1) is 22.8. The van der Waals surface area contributed by atoms with Crippen molar-refractivity contribution in [1.82, 2.24) is 19.8 Å². The standard InChI is InChI=1S/C23H23FN4O4S/c24-19-7-3-17(4-8-19)21-11-12-22(27-26-21)32-16-13-25-23(29)18-5-9-20(10-6-18)33(30,31)28-14-1-2-15-28/h3-12H,1-2,13-16H2,(H,25,29). The fourth-order valence-corrected chi connectivity index (χ4v) is 4.97. The van der Waals surface area contributed by atoms with Crippen molar-refractivity contribution in [2.24, 2.45) is 0 Å². The van der Waals surface area contributed by atoms with Gasteiger partial charge in [-0.15, -0.1) is 10.2 Å². The third kappa shape index (κ3) is 5.52. The topological polar surface area (TPSA) is 101 Å². The first-order chi connectivity index (χ1) is 15.9. The van der Waals surface area contributed by atoms with Gasteiger partial charge in [0.05, 0.1) is 17.1 Å². The van der Waals surface area contributed by atoms with E-state index >= 15 is 0 Å². The second-order valence-corrected chi connectivity index (χ2v) is 9.44. The van der Waals surface area contributed by atoms with E-state index in [1.54, 1.807) is 24.3 Å². The molecule has 1 aliphatic rings. The number of hydrogen-bond donors (Lipinski definition) is 1. The van der Waals surface area contributed by atoms with Crippen molar-refractivity contribution in [3.63, 3.8) is 0 Å². The van der Waals surface area contributed by atoms with Gasteiger partial charge < -0.3 is 10.1 Å². The van der Waals surface area contributed by atoms with Crippen molar-refractivity contribution in [2.45, 2.75) is 17.7 Å². The summed E-state index contributed by atoms with van der Waals surface area (Å²) in [6, 6.07) is 15.2. The molecule has 1 aliphatic heterocycles. The Morgan fingerprint density at radius 3 is 2.30 bits per heavy atom. The number of halogens is 1. The predicted octanol–water partition coefficient (Wildman–Crippen LogP) is 2.88. The minimum absolute atomic E-state index is 0.178. The molecule has 3 aromatic rings. The molecule has 10 heteroatoms. The van der Waals surface area contributed by atoms with Gasteiger partial charge in [-0.25, -0.2) is 12.8 Å². The van der Waals surface area contributed by atoms with E-state index in [1.165, 1.54) is 40.7 Å². The lowest BCUT2D eigenvalue weighted by Crippen LogP contribution is -2.29. The average Bonchev–Trinajstić information content (AvgIpc) is 3.39. The van der Waals surface area contributed by atoms with E-state index < -0.39 is 10.0 Å². The number of nitrogens with zero attached hydrogens (tertiary/aromatic N) is 3. The van der Waals surface area contributed by atoms with Gasteiger partial charge in [0.1, 0.15) is 12.4 Å². The van der Waals surface area contributed by atoms with E-state index in [4.69, 9.17) is 4.74 Å². The van der Waals surface area contributed by atoms with E-state index in [-0.39, 0.29) is 29.8 Å². The van der Waals surface area contributed by atoms with Crippen LogP contribution in [0.3, 0.4) is 0 Å². The summed E-state index contributed by atoms with van der Waals surface area (Å²) < 4.78 is 45.1. The van der Waals surface area contributed by atoms with Crippen LogP contribution in [0.4, 0.5) is 4.39 Å². The maximum Gasteiger partial charge on any atom is 0.251 e. The summed E-state index contributed by atoms with van der Waals surface area (Å²) in [7, 11) is -3.50. The lowest BCUT2D eigenvalue weighted by Gasteiger charge is -2.15. The largest absolute Gasteiger partial charge is 0.475 e. The Morgan fingerprint density at radius 1 is 0.970 bits per heavy atom. The fourth-order valence-electron chi connectivity index (χ4n) is 3.45. The molecule has 2 heterocycles. The zero-order chi connectivity index (χ0) is 23.3. The molecule has 0 atom stereocenters. The quantitative estimate of drug-likeness (QED) is 0.508. The van der Waals surface area contributed by atoms with Crippen LogP contribution in [0.2, 0.25) is 0 Å². The van der Waals surface area contributed by atoms with Crippen LogP contribution >= 0.6 is 0 Å². The number of sulfonamides is 1. The SMILES string of the molecule is O=C(NCCOc1ccc(-c2ccc(F)cc2)nn1)c1ccc(S(=O)(=O)N2CCCC2)cc1. The Balaban J connectivity index is 1.25. The van der Waals surface area contributed by atoms with Crippen molar-refractivity contribution in [3.8, 4) is 17.1 Å². The number of carbonyl (C=O) groups excluding carboxylic acids is 1. The van der Waals surface area contributed by atoms with Gasteiger partial charge in [-0.05, 0) is 67.4 Å². The van der Waals surface area contributed by atoms with Crippen LogP contribution in [-0.2, 0) is 10.0 Å². The van der Waals surface area contributed by atoms with E-state index in [1.807, 2.05) is 0 Å². The van der Waals surface area contributed by atoms with Gasteiger partial charge in [0.15, 0.2) is 0 Å². The van der Waals surface area contributed by atoms with Crippen molar-refractivity contribution < 1.29 is 22.3 Å². The first-order valence-corrected chi connectivity index (χ1v) is 12.0. The zero-order valence-corrected chi connectivity index (χ0v) is 18.6. The van der Waals surface area contributed by atoms with Crippen molar-refractivity contribution >= 4 is 15.9 Å². The summed E-state index contributed by atoms with van der Waals surface area (Å²) in [6.45, 7) is 1.47. The number of aromatic nitrogens is 2. The van der Waals surface area contributed by atoms with Crippen LogP contribution in [-0.4, -0.2) is 55.1 Å². The monoisotopic (exact) mass is 470 g/mol. The Kier molecular flexibility index (Phi) is 6.95. The molecule has 172 valence electrons. The molecule has 33 heavy (non-hydrogen) atoms. The highest BCUT2D eigenvalue weighted by Gasteiger charge is 2.27. The normalized spacial score (nSPS) is 14.2. The van der Waals surface area contributed by atoms with E-state index in [0.29, 0.717) is 30.2 Å². The molecule has 1 N–H and O–H groups in total. The highest BCUT2D eigenvalue weighted by molar-refractivity contribution is 7.89. The lowest BCUT2D eigenvalue weighted by molar-refractivity contribution is 0.0946. The number of nitrogens with one attached hydrogen (secondary N) is 1. The van der Waals surface area contributed by atoms with E-state index in [2.05, 4.69) is 15.5 Å². The number of rotatable bonds is 8. The molecule has 0 saturated carbocycles. The lowest BCUT2D eigenvalue weighted by atomic mass is 10.1. The summed E-state index contributed by atoms with van der Waals surface area (Å²) in [5, 5.41) is 10.8. The van der Waals surface area contributed by atoms with Crippen LogP contribution < -0.4 is 10.1 Å². The number of benzene rings is 2. The summed E-state index contributed by atoms with van der Waals surface area (Å²) in [6.07, 6.45) is 1.73. The van der Waals surface area contributed by atoms with Gasteiger partial charge in [-0.1, -0.05) is 0 Å². The van der Waals surface area contributed by atoms with Gasteiger partial charge >= 0.3 is 0 Å². The molecular weight excluding hydrogens is 447 g/mol. The highest BCUT2D eigenvalue weighted by Crippen LogP contribution is 2.21. The second kappa shape index (κ2) is 10.1. The minimum atomic E-state index is -3.50. The third-order valence-corrected chi connectivity index (χ3v) is 7.15. The maximum absolute atomic E-state index is 13.0. The van der Waals surface area contributed by atoms with Gasteiger partial charge in [-0.3, -0.25) is 4.79 Å². The van der Waals surface area contributed by atoms with Crippen LogP contribution in [0.1, 0.15) is 23.2 Å². The molecule has 1 saturated heterocycles. The van der Waals surface area contributed by atoms with Crippen LogP contribution in [0, 0.1) is 5.82 Å². The van der Waals surface area contributed by atoms with Crippen LogP contribution in [0.5, 0.6) is 5.88 Å². The fraction of sp³-hybridized carbons (Fsp3) is 0.261. The molecule has 4 rings (SSSR count). The molecule has 0 spiro atoms. The van der Waals surface area contributed by atoms with E-state index in [9.17, 15) is 17.6 Å². The summed E-state index contributed by atoms with van der Waals surface area (Å²) >= 11 is 0. The smallest absolute Gasteiger partial charge is 0.251 e. The van der Waals surface area contributed by atoms with Gasteiger partial charge in [0, 0.05) is 30.3 Å². The molecule has 2 aromatic carbocycles. The average molecular weight is 471 g/mol. The summed E-state index contributed by atoms with van der Waals surface area (Å²) in [5.41, 5.74) is 1.69. The number of carbonyl (C=O) groups is 1. The maximum atomic E-state index is 13.0. The zero-order valence-electron chi connectivity index (χ0n) is 17.8. The van der Waals surface area contributed by atoms with Crippen LogP contribution in [0.15, 0.2) is 65.6 Å². The molecule has 1 fully saturated rings. The Labute approximate surface area is 191 Å². The van der Waals surface area contributed by atoms with Gasteiger partial charge in [0.25, 0.3) is 5.91 Å². The Hall–Kier alpha value is -3.37. The van der Waals surface area contributed by atoms with E-state index in [0.717, 1.165) is 18.4 Å². The number of amides is 1. The molecular formula is C23H23FN4O4S. The molecule has 0 aliphatic carbocycles. The number of ether oxygens (including phenoxy) is 1. The van der Waals surface area contributed by atoms with Crippen molar-refractivity contribution in [3.05, 3.63) is 72.0 Å². The Morgan fingerprint density at radius 2 is 1.67 bits per heavy atom. The first-order valence-electron chi connectivity index (χ1n) is 10.5. The van der Waals surface area contributed by atoms with Crippen molar-refractivity contribution in [2.75, 3.05) is 26.2 Å². The molecule has 0 bridgehead atoms. The predicted molar refractivity (Wildman–Crippen MR) is 120 cm³/mol. The molecule has 1 aromatic heterocycles. The Bertz CT molecular complexity index is 1190. The number of hydrogen-bond acceptors (Lipinski definition) is 6. The molecule has 0 unspecified atom stereocenters. The molecule has 8 nitrogen and oxygen atoms in total. The van der Waals surface area contributed by atoms with Crippen molar-refractivity contribution in [1.29, 1.82) is 0 Å². The van der Waals surface area contributed by atoms with Gasteiger partial charge in [-0.2, -0.15) is 4.31 Å². The highest BCUT2D eigenvalue weighted by atomic mass is 32.2.